The SMILES string of the molecule is Cc1[nH]c(C)c(-c2c[nH]c(CCc3cccc(C(F)(F)F)c3)cc2=O)c(=O)c1Cl. The third-order valence-electron chi connectivity index (χ3n) is 4.68. The maximum absolute atomic E-state index is 12.8. The normalized spacial score (nSPS) is 11.7. The second-order valence-corrected chi connectivity index (χ2v) is 7.21. The van der Waals surface area contributed by atoms with E-state index in [0.717, 1.165) is 12.1 Å². The first-order valence-corrected chi connectivity index (χ1v) is 9.23. The molecule has 0 saturated carbocycles. The third-order valence-corrected chi connectivity index (χ3v) is 5.14. The Morgan fingerprint density at radius 1 is 1.03 bits per heavy atom. The Morgan fingerprint density at radius 2 is 1.76 bits per heavy atom. The molecule has 0 amide bonds. The average Bonchev–Trinajstić information content (AvgIpc) is 2.65. The second-order valence-electron chi connectivity index (χ2n) is 6.83. The first-order valence-electron chi connectivity index (χ1n) is 8.85. The number of rotatable bonds is 4. The van der Waals surface area contributed by atoms with Crippen molar-refractivity contribution in [2.75, 3.05) is 0 Å². The predicted octanol–water partition coefficient (Wildman–Crippen LogP) is 4.80. The lowest BCUT2D eigenvalue weighted by Crippen LogP contribution is -2.17. The number of aromatic amines is 2. The minimum atomic E-state index is -4.40. The van der Waals surface area contributed by atoms with E-state index in [4.69, 9.17) is 11.6 Å². The molecule has 29 heavy (non-hydrogen) atoms. The van der Waals surface area contributed by atoms with E-state index >= 15 is 0 Å². The molecule has 152 valence electrons. The number of aryl methyl sites for hydroxylation is 4. The number of hydrogen-bond donors (Lipinski definition) is 2. The van der Waals surface area contributed by atoms with Gasteiger partial charge in [0.15, 0.2) is 5.43 Å². The summed E-state index contributed by atoms with van der Waals surface area (Å²) in [6.45, 7) is 3.35. The Bertz CT molecular complexity index is 1180. The summed E-state index contributed by atoms with van der Waals surface area (Å²) in [6.07, 6.45) is -2.28. The zero-order valence-corrected chi connectivity index (χ0v) is 16.5. The molecule has 0 bridgehead atoms. The molecule has 0 radical (unpaired) electrons. The van der Waals surface area contributed by atoms with Crippen LogP contribution in [0, 0.1) is 13.8 Å². The van der Waals surface area contributed by atoms with Crippen LogP contribution in [0.5, 0.6) is 0 Å². The molecule has 0 unspecified atom stereocenters. The highest BCUT2D eigenvalue weighted by Crippen LogP contribution is 2.29. The van der Waals surface area contributed by atoms with Gasteiger partial charge in [-0.1, -0.05) is 29.8 Å². The summed E-state index contributed by atoms with van der Waals surface area (Å²) in [4.78, 5) is 31.0. The van der Waals surface area contributed by atoms with Gasteiger partial charge in [-0.15, -0.1) is 0 Å². The molecular weight excluding hydrogens is 405 g/mol. The van der Waals surface area contributed by atoms with Crippen molar-refractivity contribution >= 4 is 11.6 Å². The number of hydrogen-bond acceptors (Lipinski definition) is 2. The van der Waals surface area contributed by atoms with Crippen molar-refractivity contribution in [1.29, 1.82) is 0 Å². The summed E-state index contributed by atoms with van der Waals surface area (Å²) in [6, 6.07) is 6.45. The Kier molecular flexibility index (Phi) is 5.71. The van der Waals surface area contributed by atoms with Crippen LogP contribution in [0.1, 0.15) is 28.2 Å². The van der Waals surface area contributed by atoms with Crippen LogP contribution >= 0.6 is 11.6 Å². The van der Waals surface area contributed by atoms with Gasteiger partial charge in [-0.25, -0.2) is 0 Å². The van der Waals surface area contributed by atoms with Crippen molar-refractivity contribution in [3.63, 3.8) is 0 Å². The van der Waals surface area contributed by atoms with Gasteiger partial charge in [0.1, 0.15) is 5.02 Å². The van der Waals surface area contributed by atoms with Crippen LogP contribution in [0.4, 0.5) is 13.2 Å². The lowest BCUT2D eigenvalue weighted by Gasteiger charge is -2.10. The van der Waals surface area contributed by atoms with Crippen molar-refractivity contribution in [3.05, 3.63) is 90.2 Å². The van der Waals surface area contributed by atoms with Crippen molar-refractivity contribution < 1.29 is 13.2 Å². The number of alkyl halides is 3. The van der Waals surface area contributed by atoms with Crippen LogP contribution < -0.4 is 10.9 Å². The molecule has 0 fully saturated rings. The van der Waals surface area contributed by atoms with Crippen molar-refractivity contribution in [3.8, 4) is 11.1 Å². The summed E-state index contributed by atoms with van der Waals surface area (Å²) < 4.78 is 38.5. The Balaban J connectivity index is 1.86. The minimum Gasteiger partial charge on any atom is -0.364 e. The molecule has 4 nitrogen and oxygen atoms in total. The van der Waals surface area contributed by atoms with Gasteiger partial charge in [0.2, 0.25) is 5.43 Å². The summed E-state index contributed by atoms with van der Waals surface area (Å²) in [5, 5.41) is 0.0265. The molecule has 0 aliphatic rings. The van der Waals surface area contributed by atoms with Gasteiger partial charge in [0, 0.05) is 29.3 Å². The van der Waals surface area contributed by atoms with E-state index in [1.54, 1.807) is 19.9 Å². The summed E-state index contributed by atoms with van der Waals surface area (Å²) in [7, 11) is 0. The van der Waals surface area contributed by atoms with Crippen molar-refractivity contribution in [2.45, 2.75) is 32.9 Å². The molecule has 3 rings (SSSR count). The van der Waals surface area contributed by atoms with Crippen LogP contribution in [0.15, 0.2) is 46.1 Å². The molecule has 2 N–H and O–H groups in total. The van der Waals surface area contributed by atoms with Gasteiger partial charge in [-0.3, -0.25) is 9.59 Å². The molecule has 0 atom stereocenters. The molecule has 0 aliphatic carbocycles. The molecule has 0 spiro atoms. The number of pyridine rings is 2. The first-order chi connectivity index (χ1) is 13.6. The van der Waals surface area contributed by atoms with Crippen LogP contribution in [-0.2, 0) is 19.0 Å². The van der Waals surface area contributed by atoms with Gasteiger partial charge in [0.25, 0.3) is 0 Å². The molecule has 0 saturated heterocycles. The molecule has 0 aliphatic heterocycles. The highest BCUT2D eigenvalue weighted by atomic mass is 35.5. The maximum Gasteiger partial charge on any atom is 0.416 e. The molecule has 1 aromatic carbocycles. The fourth-order valence-corrected chi connectivity index (χ4v) is 3.35. The van der Waals surface area contributed by atoms with Gasteiger partial charge >= 0.3 is 6.18 Å². The van der Waals surface area contributed by atoms with Gasteiger partial charge < -0.3 is 9.97 Å². The monoisotopic (exact) mass is 422 g/mol. The summed E-state index contributed by atoms with van der Waals surface area (Å²) in [5.74, 6) is 0. The number of benzene rings is 1. The van der Waals surface area contributed by atoms with Crippen LogP contribution in [0.25, 0.3) is 11.1 Å². The predicted molar refractivity (Wildman–Crippen MR) is 106 cm³/mol. The molecule has 2 aromatic heterocycles. The Hall–Kier alpha value is -2.80. The topological polar surface area (TPSA) is 65.7 Å². The third kappa shape index (κ3) is 4.45. The van der Waals surface area contributed by atoms with Crippen molar-refractivity contribution in [2.24, 2.45) is 0 Å². The quantitative estimate of drug-likeness (QED) is 0.634. The number of aromatic nitrogens is 2. The molecule has 8 heteroatoms. The van der Waals surface area contributed by atoms with Gasteiger partial charge in [-0.2, -0.15) is 13.2 Å². The highest BCUT2D eigenvalue weighted by Gasteiger charge is 2.30. The van der Waals surface area contributed by atoms with Crippen LogP contribution in [0.2, 0.25) is 5.02 Å². The number of nitrogens with one attached hydrogen (secondary N) is 2. The smallest absolute Gasteiger partial charge is 0.364 e. The number of H-pyrrole nitrogens is 2. The van der Waals surface area contributed by atoms with Crippen molar-refractivity contribution in [1.82, 2.24) is 9.97 Å². The molecule has 2 heterocycles. The van der Waals surface area contributed by atoms with E-state index in [9.17, 15) is 22.8 Å². The Labute approximate surface area is 169 Å². The van der Waals surface area contributed by atoms with Gasteiger partial charge in [0.05, 0.1) is 16.7 Å². The van der Waals surface area contributed by atoms with E-state index < -0.39 is 17.2 Å². The van der Waals surface area contributed by atoms with E-state index in [1.165, 1.54) is 18.3 Å². The Morgan fingerprint density at radius 3 is 2.41 bits per heavy atom. The standard InChI is InChI=1S/C21H18ClF3N2O2/c1-11-18(20(29)19(22)12(2)27-11)16-10-26-15(9-17(16)28)7-6-13-4-3-5-14(8-13)21(23,24)25/h3-5,8-10H,6-7H2,1-2H3,(H,26,28)(H,27,29). The lowest BCUT2D eigenvalue weighted by molar-refractivity contribution is -0.137. The fraction of sp³-hybridized carbons (Fsp3) is 0.238. The van der Waals surface area contributed by atoms with E-state index in [-0.39, 0.29) is 21.6 Å². The molecule has 3 aromatic rings. The van der Waals surface area contributed by atoms with E-state index in [1.807, 2.05) is 0 Å². The van der Waals surface area contributed by atoms with E-state index in [2.05, 4.69) is 9.97 Å². The zero-order valence-electron chi connectivity index (χ0n) is 15.7. The average molecular weight is 423 g/mol. The largest absolute Gasteiger partial charge is 0.416 e. The van der Waals surface area contributed by atoms with Crippen LogP contribution in [-0.4, -0.2) is 9.97 Å². The second kappa shape index (κ2) is 7.91. The maximum atomic E-state index is 12.8. The first kappa shape index (κ1) is 20.9. The van der Waals surface area contributed by atoms with E-state index in [0.29, 0.717) is 35.5 Å². The fourth-order valence-electron chi connectivity index (χ4n) is 3.21. The van der Waals surface area contributed by atoms with Gasteiger partial charge in [-0.05, 0) is 38.3 Å². The zero-order chi connectivity index (χ0) is 21.3. The summed E-state index contributed by atoms with van der Waals surface area (Å²) >= 11 is 6.01. The minimum absolute atomic E-state index is 0.0265. The highest BCUT2D eigenvalue weighted by molar-refractivity contribution is 6.31. The lowest BCUT2D eigenvalue weighted by atomic mass is 10.0. The number of halogens is 4. The molecular formula is C21H18ClF3N2O2. The van der Waals surface area contributed by atoms with Crippen LogP contribution in [0.3, 0.4) is 0 Å². The summed E-state index contributed by atoms with van der Waals surface area (Å²) in [5.41, 5.74) is 1.01.